The Bertz CT molecular complexity index is 148. The highest BCUT2D eigenvalue weighted by Crippen LogP contribution is 2.25. The quantitative estimate of drug-likeness (QED) is 0.689. The first-order valence-corrected chi connectivity index (χ1v) is 5.51. The van der Waals surface area contributed by atoms with E-state index in [1.54, 1.807) is 0 Å². The Balaban J connectivity index is 1.59. The van der Waals surface area contributed by atoms with Gasteiger partial charge in [0.25, 0.3) is 0 Å². The Morgan fingerprint density at radius 3 is 2.38 bits per heavy atom. The van der Waals surface area contributed by atoms with Gasteiger partial charge in [-0.25, -0.2) is 5.01 Å². The van der Waals surface area contributed by atoms with Crippen LogP contribution in [0.3, 0.4) is 0 Å². The lowest BCUT2D eigenvalue weighted by molar-refractivity contribution is 0.0898. The molecule has 2 aliphatic rings. The molecule has 76 valence electrons. The fourth-order valence-corrected chi connectivity index (χ4v) is 1.92. The number of rotatable bonds is 3. The second kappa shape index (κ2) is 4.40. The van der Waals surface area contributed by atoms with Crippen LogP contribution in [0, 0.1) is 5.92 Å². The van der Waals surface area contributed by atoms with Gasteiger partial charge >= 0.3 is 0 Å². The molecule has 1 aliphatic carbocycles. The van der Waals surface area contributed by atoms with Crippen LogP contribution in [0.15, 0.2) is 0 Å². The summed E-state index contributed by atoms with van der Waals surface area (Å²) in [5.74, 6) is 0.972. The van der Waals surface area contributed by atoms with E-state index < -0.39 is 0 Å². The molecule has 0 aromatic rings. The maximum Gasteiger partial charge on any atom is 0.0259 e. The first-order chi connectivity index (χ1) is 6.34. The monoisotopic (exact) mass is 183 g/mol. The van der Waals surface area contributed by atoms with Crippen molar-refractivity contribution in [1.29, 1.82) is 0 Å². The predicted molar refractivity (Wildman–Crippen MR) is 54.4 cm³/mol. The standard InChI is InChI=1S/C10H21N3/c1-12-5-7-13(8-6-12)11-9-10-3-2-4-10/h10-11H,2-9H2,1H3. The van der Waals surface area contributed by atoms with Crippen molar-refractivity contribution >= 4 is 0 Å². The molecule has 0 bridgehead atoms. The molecule has 0 radical (unpaired) electrons. The summed E-state index contributed by atoms with van der Waals surface area (Å²) in [7, 11) is 2.20. The molecule has 0 aromatic carbocycles. The van der Waals surface area contributed by atoms with Gasteiger partial charge in [0.1, 0.15) is 0 Å². The van der Waals surface area contributed by atoms with Gasteiger partial charge in [-0.1, -0.05) is 6.42 Å². The van der Waals surface area contributed by atoms with Crippen LogP contribution in [0.25, 0.3) is 0 Å². The largest absolute Gasteiger partial charge is 0.304 e. The highest BCUT2D eigenvalue weighted by Gasteiger charge is 2.19. The molecule has 2 fully saturated rings. The summed E-state index contributed by atoms with van der Waals surface area (Å²) < 4.78 is 0. The van der Waals surface area contributed by atoms with E-state index in [1.807, 2.05) is 0 Å². The Morgan fingerprint density at radius 2 is 1.85 bits per heavy atom. The fraction of sp³-hybridized carbons (Fsp3) is 1.00. The molecule has 0 unspecified atom stereocenters. The lowest BCUT2D eigenvalue weighted by atomic mass is 9.86. The second-order valence-electron chi connectivity index (χ2n) is 4.45. The first kappa shape index (κ1) is 9.44. The zero-order chi connectivity index (χ0) is 9.10. The third-order valence-electron chi connectivity index (χ3n) is 3.33. The zero-order valence-electron chi connectivity index (χ0n) is 8.63. The summed E-state index contributed by atoms with van der Waals surface area (Å²) in [6.07, 6.45) is 4.34. The summed E-state index contributed by atoms with van der Waals surface area (Å²) in [5.41, 5.74) is 3.55. The second-order valence-corrected chi connectivity index (χ2v) is 4.45. The van der Waals surface area contributed by atoms with E-state index in [0.717, 1.165) is 5.92 Å². The third-order valence-corrected chi connectivity index (χ3v) is 3.33. The molecule has 1 aliphatic heterocycles. The lowest BCUT2D eigenvalue weighted by Crippen LogP contribution is -2.52. The number of nitrogens with zero attached hydrogens (tertiary/aromatic N) is 2. The number of likely N-dealkylation sites (N-methyl/N-ethyl adjacent to an activating group) is 1. The molecule has 0 spiro atoms. The molecule has 1 saturated heterocycles. The normalized spacial score (nSPS) is 27.5. The van der Waals surface area contributed by atoms with Gasteiger partial charge in [0, 0.05) is 32.7 Å². The first-order valence-electron chi connectivity index (χ1n) is 5.51. The number of hydrogen-bond donors (Lipinski definition) is 1. The van der Waals surface area contributed by atoms with Crippen molar-refractivity contribution in [1.82, 2.24) is 15.3 Å². The van der Waals surface area contributed by atoms with Gasteiger partial charge < -0.3 is 4.90 Å². The molecule has 1 saturated carbocycles. The van der Waals surface area contributed by atoms with Gasteiger partial charge in [-0.05, 0) is 25.8 Å². The molecule has 2 rings (SSSR count). The minimum Gasteiger partial charge on any atom is -0.304 e. The van der Waals surface area contributed by atoms with Crippen molar-refractivity contribution in [2.45, 2.75) is 19.3 Å². The highest BCUT2D eigenvalue weighted by atomic mass is 15.5. The van der Waals surface area contributed by atoms with E-state index in [9.17, 15) is 0 Å². The molecule has 1 N–H and O–H groups in total. The molecule has 3 nitrogen and oxygen atoms in total. The topological polar surface area (TPSA) is 18.5 Å². The van der Waals surface area contributed by atoms with Crippen molar-refractivity contribution in [2.75, 3.05) is 39.8 Å². The summed E-state index contributed by atoms with van der Waals surface area (Å²) in [5, 5.41) is 2.39. The van der Waals surface area contributed by atoms with Gasteiger partial charge in [-0.3, -0.25) is 5.43 Å². The van der Waals surface area contributed by atoms with Crippen LogP contribution in [0.5, 0.6) is 0 Å². The summed E-state index contributed by atoms with van der Waals surface area (Å²) in [6.45, 7) is 5.99. The summed E-state index contributed by atoms with van der Waals surface area (Å²) >= 11 is 0. The van der Waals surface area contributed by atoms with Crippen LogP contribution in [-0.4, -0.2) is 49.7 Å². The van der Waals surface area contributed by atoms with Crippen molar-refractivity contribution in [3.05, 3.63) is 0 Å². The van der Waals surface area contributed by atoms with Crippen molar-refractivity contribution in [3.8, 4) is 0 Å². The third kappa shape index (κ3) is 2.66. The number of piperazine rings is 1. The van der Waals surface area contributed by atoms with Gasteiger partial charge in [-0.2, -0.15) is 0 Å². The number of hydrogen-bond acceptors (Lipinski definition) is 3. The zero-order valence-corrected chi connectivity index (χ0v) is 8.63. The Labute approximate surface area is 81.1 Å². The van der Waals surface area contributed by atoms with Crippen LogP contribution in [0.1, 0.15) is 19.3 Å². The summed E-state index contributed by atoms with van der Waals surface area (Å²) in [4.78, 5) is 2.39. The highest BCUT2D eigenvalue weighted by molar-refractivity contribution is 4.72. The SMILES string of the molecule is CN1CCN(NCC2CCC2)CC1. The van der Waals surface area contributed by atoms with Gasteiger partial charge in [0.2, 0.25) is 0 Å². The van der Waals surface area contributed by atoms with Crippen LogP contribution in [0.4, 0.5) is 0 Å². The van der Waals surface area contributed by atoms with Gasteiger partial charge in [0.05, 0.1) is 0 Å². The van der Waals surface area contributed by atoms with Crippen LogP contribution >= 0.6 is 0 Å². The average Bonchev–Trinajstić information content (AvgIpc) is 2.05. The van der Waals surface area contributed by atoms with Crippen LogP contribution in [-0.2, 0) is 0 Å². The van der Waals surface area contributed by atoms with Crippen LogP contribution < -0.4 is 5.43 Å². The van der Waals surface area contributed by atoms with E-state index in [-0.39, 0.29) is 0 Å². The average molecular weight is 183 g/mol. The van der Waals surface area contributed by atoms with Crippen molar-refractivity contribution in [3.63, 3.8) is 0 Å². The van der Waals surface area contributed by atoms with E-state index in [1.165, 1.54) is 52.0 Å². The number of hydrazine groups is 1. The maximum atomic E-state index is 3.55. The van der Waals surface area contributed by atoms with Crippen molar-refractivity contribution in [2.24, 2.45) is 5.92 Å². The molecule has 13 heavy (non-hydrogen) atoms. The Hall–Kier alpha value is -0.120. The molecule has 0 amide bonds. The van der Waals surface area contributed by atoms with Gasteiger partial charge in [-0.15, -0.1) is 0 Å². The molecule has 1 heterocycles. The van der Waals surface area contributed by atoms with E-state index >= 15 is 0 Å². The number of nitrogens with one attached hydrogen (secondary N) is 1. The lowest BCUT2D eigenvalue weighted by Gasteiger charge is -2.35. The molecular weight excluding hydrogens is 162 g/mol. The van der Waals surface area contributed by atoms with Crippen molar-refractivity contribution < 1.29 is 0 Å². The minimum atomic E-state index is 0.972. The summed E-state index contributed by atoms with van der Waals surface area (Å²) in [6, 6.07) is 0. The fourth-order valence-electron chi connectivity index (χ4n) is 1.92. The molecule has 3 heteroatoms. The van der Waals surface area contributed by atoms with Gasteiger partial charge in [0.15, 0.2) is 0 Å². The molecule has 0 atom stereocenters. The minimum absolute atomic E-state index is 0.972. The van der Waals surface area contributed by atoms with E-state index in [0.29, 0.717) is 0 Å². The predicted octanol–water partition coefficient (Wildman–Crippen LogP) is 0.538. The molecule has 0 aromatic heterocycles. The smallest absolute Gasteiger partial charge is 0.0259 e. The van der Waals surface area contributed by atoms with Crippen LogP contribution in [0.2, 0.25) is 0 Å². The molecular formula is C10H21N3. The maximum absolute atomic E-state index is 3.55. The Kier molecular flexibility index (Phi) is 3.19. The Morgan fingerprint density at radius 1 is 1.15 bits per heavy atom. The van der Waals surface area contributed by atoms with E-state index in [4.69, 9.17) is 0 Å². The van der Waals surface area contributed by atoms with E-state index in [2.05, 4.69) is 22.4 Å².